The average Bonchev–Trinajstić information content (AvgIpc) is 2.60. The number of pyridine rings is 1. The van der Waals surface area contributed by atoms with Crippen molar-refractivity contribution in [3.63, 3.8) is 0 Å². The van der Waals surface area contributed by atoms with E-state index >= 15 is 0 Å². The Morgan fingerprint density at radius 2 is 2.07 bits per heavy atom. The minimum absolute atomic E-state index is 0.0401. The molecule has 0 bridgehead atoms. The number of aryl methyl sites for hydroxylation is 1. The van der Waals surface area contributed by atoms with E-state index in [2.05, 4.69) is 0 Å². The van der Waals surface area contributed by atoms with Crippen LogP contribution in [-0.2, 0) is 6.54 Å². The van der Waals surface area contributed by atoms with E-state index in [-0.39, 0.29) is 33.9 Å². The summed E-state index contributed by atoms with van der Waals surface area (Å²) in [6.45, 7) is 3.06. The molecule has 0 aliphatic carbocycles. The Hall–Kier alpha value is -3.11. The van der Waals surface area contributed by atoms with Crippen molar-refractivity contribution in [2.24, 2.45) is 5.73 Å². The van der Waals surface area contributed by atoms with Gasteiger partial charge in [-0.05, 0) is 13.0 Å². The third-order valence-electron chi connectivity index (χ3n) is 4.74. The smallest absolute Gasteiger partial charge is 0.258 e. The number of likely N-dealkylation sites (N-methyl/N-ethyl adjacent to an activating group) is 1. The zero-order valence-corrected chi connectivity index (χ0v) is 15.5. The molecule has 0 radical (unpaired) electrons. The maximum atomic E-state index is 14.5. The molecule has 1 aliphatic heterocycles. The lowest BCUT2D eigenvalue weighted by molar-refractivity contribution is -0.858. The van der Waals surface area contributed by atoms with Crippen LogP contribution in [0.4, 0.5) is 4.39 Å². The monoisotopic (exact) mass is 369 g/mol. The first-order valence-electron chi connectivity index (χ1n) is 8.70. The minimum Gasteiger partial charge on any atom is -0.440 e. The number of quaternary nitrogens is 1. The third-order valence-corrected chi connectivity index (χ3v) is 4.74. The lowest BCUT2D eigenvalue weighted by Crippen LogP contribution is -3.06. The van der Waals surface area contributed by atoms with Crippen LogP contribution in [0, 0.1) is 24.1 Å². The number of nitrogens with one attached hydrogen (secondary N) is 1. The molecule has 1 aliphatic rings. The van der Waals surface area contributed by atoms with Crippen molar-refractivity contribution in [1.29, 1.82) is 5.26 Å². The predicted molar refractivity (Wildman–Crippen MR) is 98.8 cm³/mol. The number of hydrogen-bond donors (Lipinski definition) is 2. The van der Waals surface area contributed by atoms with E-state index in [1.165, 1.54) is 11.0 Å². The second kappa shape index (κ2) is 7.25. The molecule has 6 nitrogen and oxygen atoms in total. The number of fused-ring (bicyclic) bond motifs is 1. The molecule has 1 aromatic carbocycles. The Bertz CT molecular complexity index is 1020. The molecule has 0 amide bonds. The quantitative estimate of drug-likeness (QED) is 0.829. The molecule has 1 aromatic heterocycles. The van der Waals surface area contributed by atoms with Gasteiger partial charge in [-0.15, -0.1) is 0 Å². The normalized spacial score (nSPS) is 16.1. The van der Waals surface area contributed by atoms with Crippen molar-refractivity contribution in [3.8, 4) is 11.8 Å². The van der Waals surface area contributed by atoms with Crippen LogP contribution in [0.15, 0.2) is 46.6 Å². The first kappa shape index (κ1) is 18.7. The van der Waals surface area contributed by atoms with E-state index in [4.69, 9.17) is 10.5 Å². The maximum absolute atomic E-state index is 14.5. The topological polar surface area (TPSA) is 85.5 Å². The van der Waals surface area contributed by atoms with Crippen LogP contribution in [0.3, 0.4) is 0 Å². The fourth-order valence-corrected chi connectivity index (χ4v) is 3.32. The van der Waals surface area contributed by atoms with Crippen LogP contribution < -0.4 is 20.9 Å². The Balaban J connectivity index is 2.26. The van der Waals surface area contributed by atoms with Crippen molar-refractivity contribution < 1.29 is 14.0 Å². The fourth-order valence-electron chi connectivity index (χ4n) is 3.32. The number of halogens is 1. The van der Waals surface area contributed by atoms with E-state index in [1.54, 1.807) is 28.8 Å². The van der Waals surface area contributed by atoms with Gasteiger partial charge in [0.25, 0.3) is 5.56 Å². The SMILES string of the molecule is Cc1cc2c(c(=O)n1CC[NH+](C)C)[C@H](c1ccccc1F)C(C#N)=C(N)O2. The summed E-state index contributed by atoms with van der Waals surface area (Å²) < 4.78 is 21.7. The second-order valence-electron chi connectivity index (χ2n) is 6.92. The molecule has 27 heavy (non-hydrogen) atoms. The van der Waals surface area contributed by atoms with Crippen molar-refractivity contribution in [2.45, 2.75) is 19.4 Å². The van der Waals surface area contributed by atoms with Crippen molar-refractivity contribution in [3.05, 3.63) is 74.8 Å². The summed E-state index contributed by atoms with van der Waals surface area (Å²) in [6.07, 6.45) is 0. The molecule has 7 heteroatoms. The largest absolute Gasteiger partial charge is 0.440 e. The summed E-state index contributed by atoms with van der Waals surface area (Å²) in [7, 11) is 4.00. The molecule has 3 N–H and O–H groups in total. The van der Waals surface area contributed by atoms with Crippen molar-refractivity contribution >= 4 is 0 Å². The van der Waals surface area contributed by atoms with Crippen LogP contribution in [-0.4, -0.2) is 25.2 Å². The zero-order chi connectivity index (χ0) is 19.7. The molecule has 3 rings (SSSR count). The van der Waals surface area contributed by atoms with Crippen LogP contribution in [0.25, 0.3) is 0 Å². The number of nitriles is 1. The predicted octanol–water partition coefficient (Wildman–Crippen LogP) is 0.659. The summed E-state index contributed by atoms with van der Waals surface area (Å²) in [6, 6.07) is 9.81. The van der Waals surface area contributed by atoms with E-state index in [0.29, 0.717) is 6.54 Å². The summed E-state index contributed by atoms with van der Waals surface area (Å²) in [4.78, 5) is 14.5. The van der Waals surface area contributed by atoms with Gasteiger partial charge in [0.15, 0.2) is 0 Å². The highest BCUT2D eigenvalue weighted by molar-refractivity contribution is 5.55. The van der Waals surface area contributed by atoms with Crippen LogP contribution in [0.5, 0.6) is 5.75 Å². The number of allylic oxidation sites excluding steroid dienone is 1. The van der Waals surface area contributed by atoms with Gasteiger partial charge in [0, 0.05) is 17.3 Å². The molecule has 2 heterocycles. The number of rotatable bonds is 4. The molecular formula is C20H22FN4O2+. The van der Waals surface area contributed by atoms with Gasteiger partial charge in [-0.2, -0.15) is 5.26 Å². The maximum Gasteiger partial charge on any atom is 0.258 e. The fraction of sp³-hybridized carbons (Fsp3) is 0.300. The molecule has 1 atom stereocenters. The molecule has 0 unspecified atom stereocenters. The first-order chi connectivity index (χ1) is 12.8. The molecule has 2 aromatic rings. The van der Waals surface area contributed by atoms with E-state index in [1.807, 2.05) is 27.1 Å². The summed E-state index contributed by atoms with van der Waals surface area (Å²) in [5.41, 5.74) is 6.86. The Morgan fingerprint density at radius 1 is 1.37 bits per heavy atom. The lowest BCUT2D eigenvalue weighted by Gasteiger charge is -2.27. The minimum atomic E-state index is -0.897. The number of aromatic nitrogens is 1. The number of nitrogens with two attached hydrogens (primary N) is 1. The van der Waals surface area contributed by atoms with Gasteiger partial charge in [-0.25, -0.2) is 4.39 Å². The molecule has 0 saturated heterocycles. The Labute approximate surface area is 156 Å². The Kier molecular flexibility index (Phi) is 5.02. The highest BCUT2D eigenvalue weighted by Crippen LogP contribution is 2.41. The van der Waals surface area contributed by atoms with Gasteiger partial charge >= 0.3 is 0 Å². The number of ether oxygens (including phenoxy) is 1. The van der Waals surface area contributed by atoms with Crippen molar-refractivity contribution in [2.75, 3.05) is 20.6 Å². The third kappa shape index (κ3) is 3.32. The number of benzene rings is 1. The van der Waals surface area contributed by atoms with Crippen molar-refractivity contribution in [1.82, 2.24) is 4.57 Å². The summed E-state index contributed by atoms with van der Waals surface area (Å²) in [5.74, 6) is -1.23. The zero-order valence-electron chi connectivity index (χ0n) is 15.5. The molecule has 0 fully saturated rings. The first-order valence-corrected chi connectivity index (χ1v) is 8.70. The second-order valence-corrected chi connectivity index (χ2v) is 6.92. The van der Waals surface area contributed by atoms with E-state index < -0.39 is 11.7 Å². The molecule has 0 spiro atoms. The molecule has 140 valence electrons. The van der Waals surface area contributed by atoms with E-state index in [0.717, 1.165) is 12.2 Å². The van der Waals surface area contributed by atoms with Crippen LogP contribution >= 0.6 is 0 Å². The Morgan fingerprint density at radius 3 is 2.70 bits per heavy atom. The number of hydrogen-bond acceptors (Lipinski definition) is 4. The average molecular weight is 369 g/mol. The van der Waals surface area contributed by atoms with Gasteiger partial charge in [0.1, 0.15) is 23.2 Å². The van der Waals surface area contributed by atoms with Gasteiger partial charge in [0.05, 0.1) is 38.7 Å². The summed E-state index contributed by atoms with van der Waals surface area (Å²) >= 11 is 0. The van der Waals surface area contributed by atoms with Crippen LogP contribution in [0.2, 0.25) is 0 Å². The standard InChI is InChI=1S/C20H21FN4O2/c1-12-10-16-18(20(26)25(12)9-8-24(2)3)17(14(11-22)19(23)27-16)13-6-4-5-7-15(13)21/h4-7,10,17H,8-9,23H2,1-3H3/p+1/t17-/m1/s1. The lowest BCUT2D eigenvalue weighted by atomic mass is 9.83. The summed E-state index contributed by atoms with van der Waals surface area (Å²) in [5, 5.41) is 9.60. The highest BCUT2D eigenvalue weighted by atomic mass is 19.1. The van der Waals surface area contributed by atoms with E-state index in [9.17, 15) is 14.4 Å². The molecular weight excluding hydrogens is 347 g/mol. The van der Waals surface area contributed by atoms with Gasteiger partial charge < -0.3 is 19.9 Å². The van der Waals surface area contributed by atoms with Gasteiger partial charge in [-0.1, -0.05) is 18.2 Å². The highest BCUT2D eigenvalue weighted by Gasteiger charge is 2.35. The van der Waals surface area contributed by atoms with Gasteiger partial charge in [0.2, 0.25) is 5.88 Å². The molecule has 0 saturated carbocycles. The number of nitrogens with zero attached hydrogens (tertiary/aromatic N) is 2. The van der Waals surface area contributed by atoms with Gasteiger partial charge in [-0.3, -0.25) is 4.79 Å². The van der Waals surface area contributed by atoms with Crippen LogP contribution in [0.1, 0.15) is 22.7 Å².